The van der Waals surface area contributed by atoms with Gasteiger partial charge in [-0.1, -0.05) is 24.3 Å². The van der Waals surface area contributed by atoms with Crippen LogP contribution in [0.2, 0.25) is 0 Å². The van der Waals surface area contributed by atoms with Crippen molar-refractivity contribution < 1.29 is 9.90 Å². The lowest BCUT2D eigenvalue weighted by atomic mass is 10.1. The third-order valence-corrected chi connectivity index (χ3v) is 4.28. The Bertz CT molecular complexity index is 690. The van der Waals surface area contributed by atoms with Crippen LogP contribution in [0.1, 0.15) is 58.9 Å². The van der Waals surface area contributed by atoms with Gasteiger partial charge in [-0.15, -0.1) is 0 Å². The molecule has 108 valence electrons. The van der Waals surface area contributed by atoms with E-state index in [2.05, 4.69) is 10.4 Å². The number of hydrogen-bond acceptors (Lipinski definition) is 3. The number of fused-ring (bicyclic) bond motifs is 1. The Morgan fingerprint density at radius 3 is 2.81 bits per heavy atom. The number of nitrogens with zero attached hydrogens (tertiary/aromatic N) is 2. The lowest BCUT2D eigenvalue weighted by Gasteiger charge is -2.13. The highest BCUT2D eigenvalue weighted by atomic mass is 16.3. The van der Waals surface area contributed by atoms with Gasteiger partial charge in [-0.25, -0.2) is 0 Å². The molecule has 2 N–H and O–H groups in total. The average Bonchev–Trinajstić information content (AvgIpc) is 3.14. The molecule has 5 heteroatoms. The van der Waals surface area contributed by atoms with E-state index in [0.29, 0.717) is 18.0 Å². The normalized spacial score (nSPS) is 23.9. The average molecular weight is 283 g/mol. The topological polar surface area (TPSA) is 67.2 Å². The number of aliphatic hydroxyl groups excluding tert-OH is 1. The number of hydrogen-bond donors (Lipinski definition) is 2. The van der Waals surface area contributed by atoms with Crippen LogP contribution < -0.4 is 5.32 Å². The Hall–Kier alpha value is -2.14. The SMILES string of the molecule is O=C(NC1CC(O)c2ccccc21)c1cnn(C2CC2)c1. The lowest BCUT2D eigenvalue weighted by molar-refractivity contribution is 0.0924. The maximum atomic E-state index is 12.3. The Morgan fingerprint density at radius 2 is 2.05 bits per heavy atom. The fourth-order valence-electron chi connectivity index (χ4n) is 2.98. The number of benzene rings is 1. The summed E-state index contributed by atoms with van der Waals surface area (Å²) in [5.74, 6) is -0.129. The molecule has 0 aliphatic heterocycles. The Morgan fingerprint density at radius 1 is 1.29 bits per heavy atom. The number of aliphatic hydroxyl groups is 1. The number of amides is 1. The largest absolute Gasteiger partial charge is 0.388 e. The van der Waals surface area contributed by atoms with Crippen molar-refractivity contribution in [3.05, 3.63) is 53.3 Å². The molecular weight excluding hydrogens is 266 g/mol. The molecule has 4 rings (SSSR count). The van der Waals surface area contributed by atoms with Gasteiger partial charge < -0.3 is 10.4 Å². The summed E-state index contributed by atoms with van der Waals surface area (Å²) in [6, 6.07) is 8.06. The summed E-state index contributed by atoms with van der Waals surface area (Å²) in [5.41, 5.74) is 2.50. The summed E-state index contributed by atoms with van der Waals surface area (Å²) in [4.78, 5) is 12.3. The third-order valence-electron chi connectivity index (χ3n) is 4.28. The first-order chi connectivity index (χ1) is 10.2. The zero-order chi connectivity index (χ0) is 14.4. The lowest BCUT2D eigenvalue weighted by Crippen LogP contribution is -2.27. The van der Waals surface area contributed by atoms with E-state index in [1.165, 1.54) is 0 Å². The van der Waals surface area contributed by atoms with Gasteiger partial charge in [0.2, 0.25) is 0 Å². The van der Waals surface area contributed by atoms with Crippen LogP contribution in [-0.4, -0.2) is 20.8 Å². The summed E-state index contributed by atoms with van der Waals surface area (Å²) in [7, 11) is 0. The smallest absolute Gasteiger partial charge is 0.254 e. The predicted octanol–water partition coefficient (Wildman–Crippen LogP) is 2.13. The molecule has 2 aliphatic rings. The van der Waals surface area contributed by atoms with Crippen LogP contribution in [0.4, 0.5) is 0 Å². The monoisotopic (exact) mass is 283 g/mol. The first kappa shape index (κ1) is 12.6. The Balaban J connectivity index is 1.52. The highest BCUT2D eigenvalue weighted by molar-refractivity contribution is 5.94. The highest BCUT2D eigenvalue weighted by Gasteiger charge is 2.31. The molecule has 1 fully saturated rings. The summed E-state index contributed by atoms with van der Waals surface area (Å²) >= 11 is 0. The van der Waals surface area contributed by atoms with E-state index < -0.39 is 6.10 Å². The third kappa shape index (κ3) is 2.23. The number of carbonyl (C=O) groups is 1. The fraction of sp³-hybridized carbons (Fsp3) is 0.375. The molecule has 21 heavy (non-hydrogen) atoms. The molecule has 2 aromatic rings. The predicted molar refractivity (Wildman–Crippen MR) is 76.7 cm³/mol. The van der Waals surface area contributed by atoms with Gasteiger partial charge in [0, 0.05) is 12.6 Å². The van der Waals surface area contributed by atoms with Crippen LogP contribution in [0, 0.1) is 0 Å². The number of rotatable bonds is 3. The van der Waals surface area contributed by atoms with Gasteiger partial charge in [-0.05, 0) is 24.0 Å². The molecule has 0 radical (unpaired) electrons. The zero-order valence-corrected chi connectivity index (χ0v) is 11.6. The Kier molecular flexibility index (Phi) is 2.82. The molecule has 2 unspecified atom stereocenters. The molecule has 1 aromatic heterocycles. The van der Waals surface area contributed by atoms with Crippen LogP contribution in [0.3, 0.4) is 0 Å². The molecule has 2 atom stereocenters. The van der Waals surface area contributed by atoms with E-state index in [1.807, 2.05) is 35.1 Å². The number of aromatic nitrogens is 2. The van der Waals surface area contributed by atoms with Gasteiger partial charge in [-0.3, -0.25) is 9.48 Å². The van der Waals surface area contributed by atoms with Crippen molar-refractivity contribution in [1.82, 2.24) is 15.1 Å². The molecule has 0 saturated heterocycles. The summed E-state index contributed by atoms with van der Waals surface area (Å²) < 4.78 is 1.87. The van der Waals surface area contributed by atoms with Crippen LogP contribution in [0.15, 0.2) is 36.7 Å². The van der Waals surface area contributed by atoms with Crippen molar-refractivity contribution in [2.75, 3.05) is 0 Å². The van der Waals surface area contributed by atoms with Crippen molar-refractivity contribution >= 4 is 5.91 Å². The molecule has 1 amide bonds. The standard InChI is InChI=1S/C16H17N3O2/c20-15-7-14(12-3-1-2-4-13(12)15)18-16(21)10-8-17-19(9-10)11-5-6-11/h1-4,8-9,11,14-15,20H,5-7H2,(H,18,21). The van der Waals surface area contributed by atoms with Crippen molar-refractivity contribution in [3.63, 3.8) is 0 Å². The van der Waals surface area contributed by atoms with Crippen molar-refractivity contribution in [1.29, 1.82) is 0 Å². The van der Waals surface area contributed by atoms with Gasteiger partial charge >= 0.3 is 0 Å². The first-order valence-electron chi connectivity index (χ1n) is 7.34. The van der Waals surface area contributed by atoms with E-state index in [4.69, 9.17) is 0 Å². The second kappa shape index (κ2) is 4.70. The van der Waals surface area contributed by atoms with E-state index in [9.17, 15) is 9.90 Å². The molecule has 0 bridgehead atoms. The quantitative estimate of drug-likeness (QED) is 0.906. The van der Waals surface area contributed by atoms with E-state index in [1.54, 1.807) is 6.20 Å². The summed E-state index contributed by atoms with van der Waals surface area (Å²) in [6.07, 6.45) is 5.74. The van der Waals surface area contributed by atoms with E-state index >= 15 is 0 Å². The summed E-state index contributed by atoms with van der Waals surface area (Å²) in [5, 5.41) is 17.3. The molecule has 1 saturated carbocycles. The van der Waals surface area contributed by atoms with Gasteiger partial charge in [0.05, 0.1) is 29.9 Å². The van der Waals surface area contributed by atoms with Crippen LogP contribution in [0.5, 0.6) is 0 Å². The van der Waals surface area contributed by atoms with Crippen LogP contribution in [-0.2, 0) is 0 Å². The minimum atomic E-state index is -0.499. The van der Waals surface area contributed by atoms with Crippen LogP contribution in [0.25, 0.3) is 0 Å². The van der Waals surface area contributed by atoms with E-state index in [0.717, 1.165) is 24.0 Å². The van der Waals surface area contributed by atoms with Crippen molar-refractivity contribution in [2.24, 2.45) is 0 Å². The van der Waals surface area contributed by atoms with Gasteiger partial charge in [0.1, 0.15) is 0 Å². The minimum absolute atomic E-state index is 0.129. The highest BCUT2D eigenvalue weighted by Crippen LogP contribution is 2.38. The maximum Gasteiger partial charge on any atom is 0.254 e. The number of nitrogens with one attached hydrogen (secondary N) is 1. The van der Waals surface area contributed by atoms with Crippen molar-refractivity contribution in [2.45, 2.75) is 37.5 Å². The van der Waals surface area contributed by atoms with Gasteiger partial charge in [-0.2, -0.15) is 5.10 Å². The molecule has 2 aliphatic carbocycles. The number of carbonyl (C=O) groups excluding carboxylic acids is 1. The van der Waals surface area contributed by atoms with Crippen molar-refractivity contribution in [3.8, 4) is 0 Å². The molecule has 1 aromatic carbocycles. The van der Waals surface area contributed by atoms with Crippen LogP contribution >= 0.6 is 0 Å². The summed E-state index contributed by atoms with van der Waals surface area (Å²) in [6.45, 7) is 0. The van der Waals surface area contributed by atoms with E-state index in [-0.39, 0.29) is 11.9 Å². The molecule has 0 spiro atoms. The first-order valence-corrected chi connectivity index (χ1v) is 7.34. The van der Waals surface area contributed by atoms with Gasteiger partial charge in [0.15, 0.2) is 0 Å². The molecule has 5 nitrogen and oxygen atoms in total. The second-order valence-electron chi connectivity index (χ2n) is 5.85. The fourth-order valence-corrected chi connectivity index (χ4v) is 2.98. The molecular formula is C16H17N3O2. The maximum absolute atomic E-state index is 12.3. The molecule has 1 heterocycles. The Labute approximate surface area is 122 Å². The zero-order valence-electron chi connectivity index (χ0n) is 11.6. The van der Waals surface area contributed by atoms with Gasteiger partial charge in [0.25, 0.3) is 5.91 Å². The second-order valence-corrected chi connectivity index (χ2v) is 5.85. The minimum Gasteiger partial charge on any atom is -0.388 e.